The van der Waals surface area contributed by atoms with Crippen molar-refractivity contribution in [3.63, 3.8) is 0 Å². The molecule has 0 radical (unpaired) electrons. The molecule has 2 aromatic carbocycles. The topological polar surface area (TPSA) is 0 Å². The molecular formula is C16H16Cl2Si. The Hall–Kier alpha value is -1.02. The van der Waals surface area contributed by atoms with Crippen LogP contribution in [0.3, 0.4) is 0 Å². The van der Waals surface area contributed by atoms with Gasteiger partial charge in [0.15, 0.2) is 0 Å². The van der Waals surface area contributed by atoms with Crippen molar-refractivity contribution in [2.45, 2.75) is 13.3 Å². The molecule has 2 rings (SSSR count). The molecule has 0 aliphatic rings. The van der Waals surface area contributed by atoms with Crippen LogP contribution in [0.2, 0.25) is 0 Å². The molecule has 0 unspecified atom stereocenters. The molecule has 98 valence electrons. The largest absolute Gasteiger partial charge is 0.310 e. The molecule has 3 heteroatoms. The van der Waals surface area contributed by atoms with Crippen LogP contribution < -0.4 is 10.4 Å². The summed E-state index contributed by atoms with van der Waals surface area (Å²) in [5.74, 6) is 0. The van der Waals surface area contributed by atoms with E-state index in [0.717, 1.165) is 16.8 Å². The molecule has 0 amide bonds. The van der Waals surface area contributed by atoms with Crippen LogP contribution in [0, 0.1) is 0 Å². The first kappa shape index (κ1) is 14.4. The fraction of sp³-hybridized carbons (Fsp3) is 0.125. The zero-order chi connectivity index (χ0) is 13.7. The third-order valence-electron chi connectivity index (χ3n) is 2.96. The smallest absolute Gasteiger partial charge is 0.134 e. The van der Waals surface area contributed by atoms with Crippen molar-refractivity contribution in [1.82, 2.24) is 0 Å². The first-order valence-corrected chi connectivity index (χ1v) is 10.4. The predicted molar refractivity (Wildman–Crippen MR) is 88.9 cm³/mol. The van der Waals surface area contributed by atoms with E-state index in [0.29, 0.717) is 0 Å². The second-order valence-electron chi connectivity index (χ2n) is 4.37. The summed E-state index contributed by atoms with van der Waals surface area (Å²) in [6, 6.07) is 18.1. The summed E-state index contributed by atoms with van der Waals surface area (Å²) in [5, 5.41) is 2.05. The third-order valence-corrected chi connectivity index (χ3v) is 7.69. The molecule has 19 heavy (non-hydrogen) atoms. The molecule has 0 bridgehead atoms. The number of benzene rings is 2. The van der Waals surface area contributed by atoms with E-state index < -0.39 is 6.69 Å². The second kappa shape index (κ2) is 6.42. The molecule has 0 saturated heterocycles. The summed E-state index contributed by atoms with van der Waals surface area (Å²) in [4.78, 5) is 0. The summed E-state index contributed by atoms with van der Waals surface area (Å²) in [5.41, 5.74) is 1.18. The average Bonchev–Trinajstić information content (AvgIpc) is 2.46. The van der Waals surface area contributed by atoms with E-state index in [9.17, 15) is 0 Å². The Morgan fingerprint density at radius 1 is 0.895 bits per heavy atom. The van der Waals surface area contributed by atoms with Crippen molar-refractivity contribution in [2.75, 3.05) is 0 Å². The lowest BCUT2D eigenvalue weighted by atomic mass is 10.2. The van der Waals surface area contributed by atoms with Crippen LogP contribution in [-0.4, -0.2) is 6.69 Å². The molecule has 0 aliphatic carbocycles. The van der Waals surface area contributed by atoms with Gasteiger partial charge in [-0.2, -0.15) is 0 Å². The van der Waals surface area contributed by atoms with Crippen LogP contribution in [0.1, 0.15) is 18.9 Å². The summed E-state index contributed by atoms with van der Waals surface area (Å²) in [6.45, 7) is -0.469. The van der Waals surface area contributed by atoms with Crippen molar-refractivity contribution in [2.24, 2.45) is 0 Å². The summed E-state index contributed by atoms with van der Waals surface area (Å²) >= 11 is 13.3. The average molecular weight is 307 g/mol. The Kier molecular flexibility index (Phi) is 4.86. The number of halogens is 2. The number of allylic oxidation sites excluding steroid dienone is 1. The Morgan fingerprint density at radius 2 is 1.47 bits per heavy atom. The Labute approximate surface area is 125 Å². The first-order chi connectivity index (χ1) is 9.14. The monoisotopic (exact) mass is 306 g/mol. The predicted octanol–water partition coefficient (Wildman–Crippen LogP) is 4.14. The molecule has 0 N–H and O–H groups in total. The maximum absolute atomic E-state index is 6.63. The molecule has 0 aromatic heterocycles. The lowest BCUT2D eigenvalue weighted by Gasteiger charge is -2.17. The standard InChI is InChI=1S/C16H16Cl2Si/c1-2-3-7-14-10-12-16(13-11-14)19(17,18)15-8-5-4-6-9-15/h3-13H,2H2,1H3. The van der Waals surface area contributed by atoms with E-state index in [1.54, 1.807) is 0 Å². The van der Waals surface area contributed by atoms with E-state index in [1.807, 2.05) is 42.5 Å². The lowest BCUT2D eigenvalue weighted by molar-refractivity contribution is 1.23. The maximum Gasteiger partial charge on any atom is 0.310 e. The zero-order valence-corrected chi connectivity index (χ0v) is 13.3. The Bertz CT molecular complexity index is 545. The summed E-state index contributed by atoms with van der Waals surface area (Å²) in [7, 11) is 0. The molecule has 0 saturated carbocycles. The second-order valence-corrected chi connectivity index (χ2v) is 10.7. The molecular weight excluding hydrogens is 291 g/mol. The van der Waals surface area contributed by atoms with Crippen LogP contribution in [0.15, 0.2) is 60.7 Å². The van der Waals surface area contributed by atoms with Gasteiger partial charge in [-0.15, -0.1) is 22.2 Å². The zero-order valence-electron chi connectivity index (χ0n) is 10.8. The highest BCUT2D eigenvalue weighted by atomic mass is 35.7. The van der Waals surface area contributed by atoms with Crippen molar-refractivity contribution in [1.29, 1.82) is 0 Å². The van der Waals surface area contributed by atoms with E-state index in [1.165, 1.54) is 5.56 Å². The molecule has 0 aliphatic heterocycles. The van der Waals surface area contributed by atoms with E-state index in [4.69, 9.17) is 22.2 Å². The van der Waals surface area contributed by atoms with Crippen molar-refractivity contribution in [3.8, 4) is 0 Å². The van der Waals surface area contributed by atoms with Crippen molar-refractivity contribution < 1.29 is 0 Å². The van der Waals surface area contributed by atoms with Gasteiger partial charge in [0.05, 0.1) is 0 Å². The minimum Gasteiger partial charge on any atom is -0.134 e. The highest BCUT2D eigenvalue weighted by Crippen LogP contribution is 2.16. The van der Waals surface area contributed by atoms with Gasteiger partial charge < -0.3 is 0 Å². The number of hydrogen-bond acceptors (Lipinski definition) is 0. The van der Waals surface area contributed by atoms with Crippen molar-refractivity contribution >= 4 is 45.3 Å². The van der Waals surface area contributed by atoms with Gasteiger partial charge in [-0.3, -0.25) is 0 Å². The van der Waals surface area contributed by atoms with E-state index >= 15 is 0 Å². The highest BCUT2D eigenvalue weighted by molar-refractivity contribution is 7.56. The summed E-state index contributed by atoms with van der Waals surface area (Å²) < 4.78 is 0. The molecule has 0 spiro atoms. The fourth-order valence-electron chi connectivity index (χ4n) is 1.87. The third kappa shape index (κ3) is 3.50. The SMILES string of the molecule is CCC=Cc1ccc([Si](Cl)(Cl)c2ccccc2)cc1. The molecule has 0 fully saturated rings. The normalized spacial score (nSPS) is 11.9. The van der Waals surface area contributed by atoms with Crippen LogP contribution in [-0.2, 0) is 0 Å². The minimum atomic E-state index is -2.59. The van der Waals surface area contributed by atoms with Gasteiger partial charge in [-0.25, -0.2) is 0 Å². The Balaban J connectivity index is 2.29. The quantitative estimate of drug-likeness (QED) is 0.588. The Morgan fingerprint density at radius 3 is 2.05 bits per heavy atom. The van der Waals surface area contributed by atoms with E-state index in [-0.39, 0.29) is 0 Å². The van der Waals surface area contributed by atoms with Gasteiger partial charge >= 0.3 is 6.69 Å². The van der Waals surface area contributed by atoms with Crippen LogP contribution in [0.5, 0.6) is 0 Å². The summed E-state index contributed by atoms with van der Waals surface area (Å²) in [6.07, 6.45) is 5.28. The minimum absolute atomic E-state index is 1.02. The van der Waals surface area contributed by atoms with Gasteiger partial charge in [-0.1, -0.05) is 73.7 Å². The fourth-order valence-corrected chi connectivity index (χ4v) is 4.91. The van der Waals surface area contributed by atoms with Gasteiger partial charge in [-0.05, 0) is 22.4 Å². The van der Waals surface area contributed by atoms with Gasteiger partial charge in [0, 0.05) is 0 Å². The molecule has 0 atom stereocenters. The van der Waals surface area contributed by atoms with Crippen LogP contribution >= 0.6 is 22.2 Å². The number of rotatable bonds is 4. The van der Waals surface area contributed by atoms with Gasteiger partial charge in [0.25, 0.3) is 0 Å². The van der Waals surface area contributed by atoms with E-state index in [2.05, 4.69) is 31.2 Å². The van der Waals surface area contributed by atoms with Gasteiger partial charge in [0.2, 0.25) is 0 Å². The highest BCUT2D eigenvalue weighted by Gasteiger charge is 2.33. The molecule has 0 nitrogen and oxygen atoms in total. The van der Waals surface area contributed by atoms with Crippen LogP contribution in [0.4, 0.5) is 0 Å². The molecule has 0 heterocycles. The lowest BCUT2D eigenvalue weighted by Crippen LogP contribution is -2.48. The molecule has 2 aromatic rings. The number of hydrogen-bond donors (Lipinski definition) is 0. The van der Waals surface area contributed by atoms with Gasteiger partial charge in [0.1, 0.15) is 0 Å². The first-order valence-electron chi connectivity index (χ1n) is 6.35. The van der Waals surface area contributed by atoms with Crippen molar-refractivity contribution in [3.05, 3.63) is 66.2 Å². The maximum atomic E-state index is 6.63. The van der Waals surface area contributed by atoms with Crippen LogP contribution in [0.25, 0.3) is 6.08 Å².